The van der Waals surface area contributed by atoms with Crippen molar-refractivity contribution in [3.05, 3.63) is 52.0 Å². The van der Waals surface area contributed by atoms with Crippen LogP contribution in [0.1, 0.15) is 22.7 Å². The van der Waals surface area contributed by atoms with Crippen LogP contribution in [0.3, 0.4) is 0 Å². The van der Waals surface area contributed by atoms with Gasteiger partial charge in [0.2, 0.25) is 10.0 Å². The number of thiophene rings is 1. The molecule has 108 valence electrons. The van der Waals surface area contributed by atoms with Gasteiger partial charge in [0.25, 0.3) is 0 Å². The molecular formula is C14H16FNO2S2. The molecule has 2 aromatic rings. The molecule has 0 aliphatic rings. The number of rotatable bonds is 4. The molecule has 1 aromatic carbocycles. The van der Waals surface area contributed by atoms with E-state index in [1.54, 1.807) is 6.92 Å². The molecule has 0 fully saturated rings. The fraction of sp³-hybridized carbons (Fsp3) is 0.286. The summed E-state index contributed by atoms with van der Waals surface area (Å²) in [6.07, 6.45) is 0. The van der Waals surface area contributed by atoms with Gasteiger partial charge in [-0.3, -0.25) is 0 Å². The zero-order valence-electron chi connectivity index (χ0n) is 11.5. The normalized spacial score (nSPS) is 13.7. The zero-order valence-corrected chi connectivity index (χ0v) is 13.1. The van der Waals surface area contributed by atoms with Crippen LogP contribution in [0.5, 0.6) is 0 Å². The molecule has 3 nitrogen and oxygen atoms in total. The van der Waals surface area contributed by atoms with E-state index in [9.17, 15) is 12.8 Å². The summed E-state index contributed by atoms with van der Waals surface area (Å²) in [7, 11) is -2.37. The number of sulfonamides is 1. The summed E-state index contributed by atoms with van der Waals surface area (Å²) in [5.41, 5.74) is 0. The molecule has 0 spiro atoms. The Morgan fingerprint density at radius 2 is 1.85 bits per heavy atom. The molecule has 0 bridgehead atoms. The van der Waals surface area contributed by atoms with Crippen LogP contribution < -0.4 is 0 Å². The number of nitrogens with zero attached hydrogens (tertiary/aromatic N) is 1. The Morgan fingerprint density at radius 3 is 2.40 bits per heavy atom. The van der Waals surface area contributed by atoms with E-state index in [1.165, 1.54) is 40.9 Å². The van der Waals surface area contributed by atoms with Crippen molar-refractivity contribution in [2.45, 2.75) is 24.8 Å². The second kappa shape index (κ2) is 5.63. The van der Waals surface area contributed by atoms with Gasteiger partial charge in [-0.2, -0.15) is 4.31 Å². The molecular weight excluding hydrogens is 297 g/mol. The molecule has 0 N–H and O–H groups in total. The van der Waals surface area contributed by atoms with E-state index in [1.807, 2.05) is 19.1 Å². The molecule has 0 radical (unpaired) electrons. The largest absolute Gasteiger partial charge is 0.246 e. The Hall–Kier alpha value is -1.24. The van der Waals surface area contributed by atoms with Crippen LogP contribution in [0.4, 0.5) is 4.39 Å². The monoisotopic (exact) mass is 313 g/mol. The average Bonchev–Trinajstić information content (AvgIpc) is 2.84. The van der Waals surface area contributed by atoms with Gasteiger partial charge in [-0.05, 0) is 38.1 Å². The molecule has 1 unspecified atom stereocenters. The van der Waals surface area contributed by atoms with Crippen LogP contribution in [-0.2, 0) is 10.0 Å². The molecule has 0 saturated heterocycles. The predicted octanol–water partition coefficient (Wildman–Crippen LogP) is 3.58. The van der Waals surface area contributed by atoms with Crippen molar-refractivity contribution in [1.82, 2.24) is 4.31 Å². The fourth-order valence-electron chi connectivity index (χ4n) is 1.87. The molecule has 20 heavy (non-hydrogen) atoms. The van der Waals surface area contributed by atoms with Crippen molar-refractivity contribution in [3.63, 3.8) is 0 Å². The smallest absolute Gasteiger partial charge is 0.207 e. The Balaban J connectivity index is 2.37. The lowest BCUT2D eigenvalue weighted by Gasteiger charge is -2.23. The van der Waals surface area contributed by atoms with Gasteiger partial charge in [0.1, 0.15) is 10.7 Å². The zero-order chi connectivity index (χ0) is 14.9. The molecule has 0 aliphatic heterocycles. The van der Waals surface area contributed by atoms with Gasteiger partial charge in [0.05, 0.1) is 6.04 Å². The summed E-state index contributed by atoms with van der Waals surface area (Å²) >= 11 is 1.54. The lowest BCUT2D eigenvalue weighted by molar-refractivity contribution is 0.399. The number of benzene rings is 1. The molecule has 1 aromatic heterocycles. The summed E-state index contributed by atoms with van der Waals surface area (Å²) in [6.45, 7) is 3.76. The summed E-state index contributed by atoms with van der Waals surface area (Å²) < 4.78 is 39.8. The van der Waals surface area contributed by atoms with Gasteiger partial charge in [0, 0.05) is 16.8 Å². The third-order valence-corrected chi connectivity index (χ3v) is 6.34. The molecule has 0 amide bonds. The quantitative estimate of drug-likeness (QED) is 0.865. The molecule has 1 heterocycles. The molecule has 1 atom stereocenters. The van der Waals surface area contributed by atoms with Crippen LogP contribution in [0, 0.1) is 12.7 Å². The van der Waals surface area contributed by atoms with Crippen molar-refractivity contribution in [2.75, 3.05) is 7.05 Å². The Morgan fingerprint density at radius 1 is 1.20 bits per heavy atom. The standard InChI is InChI=1S/C14H16FNO2S2/c1-10-8-9-13(19-10)11(2)16(3)20(17,18)14-7-5-4-6-12(14)15/h4-9,11H,1-3H3. The van der Waals surface area contributed by atoms with E-state index in [4.69, 9.17) is 0 Å². The summed E-state index contributed by atoms with van der Waals surface area (Å²) in [5.74, 6) is -0.728. The highest BCUT2D eigenvalue weighted by Gasteiger charge is 2.29. The molecule has 2 rings (SSSR count). The maximum absolute atomic E-state index is 13.7. The van der Waals surface area contributed by atoms with Gasteiger partial charge >= 0.3 is 0 Å². The average molecular weight is 313 g/mol. The van der Waals surface area contributed by atoms with Gasteiger partial charge in [-0.1, -0.05) is 12.1 Å². The highest BCUT2D eigenvalue weighted by Crippen LogP contribution is 2.30. The van der Waals surface area contributed by atoms with Crippen LogP contribution in [0.25, 0.3) is 0 Å². The Kier molecular flexibility index (Phi) is 4.27. The highest BCUT2D eigenvalue weighted by molar-refractivity contribution is 7.89. The van der Waals surface area contributed by atoms with Crippen molar-refractivity contribution in [1.29, 1.82) is 0 Å². The lowest BCUT2D eigenvalue weighted by atomic mass is 10.3. The number of hydrogen-bond donors (Lipinski definition) is 0. The van der Waals surface area contributed by atoms with Gasteiger partial charge < -0.3 is 0 Å². The third-order valence-electron chi connectivity index (χ3n) is 3.21. The van der Waals surface area contributed by atoms with E-state index in [0.717, 1.165) is 15.8 Å². The Bertz CT molecular complexity index is 709. The fourth-order valence-corrected chi connectivity index (χ4v) is 4.32. The SMILES string of the molecule is Cc1ccc(C(C)N(C)S(=O)(=O)c2ccccc2F)s1. The first kappa shape index (κ1) is 15.2. The number of halogens is 1. The van der Waals surface area contributed by atoms with E-state index in [-0.39, 0.29) is 10.9 Å². The van der Waals surface area contributed by atoms with Crippen molar-refractivity contribution >= 4 is 21.4 Å². The van der Waals surface area contributed by atoms with Crippen LogP contribution in [-0.4, -0.2) is 19.8 Å². The van der Waals surface area contributed by atoms with E-state index < -0.39 is 15.8 Å². The third kappa shape index (κ3) is 2.77. The minimum Gasteiger partial charge on any atom is -0.207 e. The maximum atomic E-state index is 13.7. The summed E-state index contributed by atoms with van der Waals surface area (Å²) in [6, 6.07) is 8.94. The minimum atomic E-state index is -3.84. The van der Waals surface area contributed by atoms with Crippen LogP contribution in [0.2, 0.25) is 0 Å². The first-order valence-corrected chi connectivity index (χ1v) is 8.38. The van der Waals surface area contributed by atoms with Crippen molar-refractivity contribution < 1.29 is 12.8 Å². The maximum Gasteiger partial charge on any atom is 0.246 e. The molecule has 0 aliphatic carbocycles. The van der Waals surface area contributed by atoms with Crippen molar-refractivity contribution in [3.8, 4) is 0 Å². The summed E-state index contributed by atoms with van der Waals surface area (Å²) in [4.78, 5) is 1.76. The second-order valence-corrected chi connectivity index (χ2v) is 7.86. The topological polar surface area (TPSA) is 37.4 Å². The first-order chi connectivity index (χ1) is 9.34. The van der Waals surface area contributed by atoms with Gasteiger partial charge in [-0.25, -0.2) is 12.8 Å². The number of hydrogen-bond acceptors (Lipinski definition) is 3. The van der Waals surface area contributed by atoms with E-state index in [2.05, 4.69) is 0 Å². The predicted molar refractivity (Wildman–Crippen MR) is 78.8 cm³/mol. The Labute approximate surface area is 122 Å². The van der Waals surface area contributed by atoms with Gasteiger partial charge in [0.15, 0.2) is 0 Å². The minimum absolute atomic E-state index is 0.289. The molecule has 0 saturated carbocycles. The summed E-state index contributed by atoms with van der Waals surface area (Å²) in [5, 5.41) is 0. The molecule has 6 heteroatoms. The first-order valence-electron chi connectivity index (χ1n) is 6.13. The number of aryl methyl sites for hydroxylation is 1. The van der Waals surface area contributed by atoms with Crippen LogP contribution in [0.15, 0.2) is 41.3 Å². The van der Waals surface area contributed by atoms with Crippen LogP contribution >= 0.6 is 11.3 Å². The lowest BCUT2D eigenvalue weighted by Crippen LogP contribution is -2.30. The van der Waals surface area contributed by atoms with Crippen molar-refractivity contribution in [2.24, 2.45) is 0 Å². The van der Waals surface area contributed by atoms with E-state index >= 15 is 0 Å². The highest BCUT2D eigenvalue weighted by atomic mass is 32.2. The van der Waals surface area contributed by atoms with E-state index in [0.29, 0.717) is 0 Å². The second-order valence-electron chi connectivity index (χ2n) is 4.58. The van der Waals surface area contributed by atoms with Gasteiger partial charge in [-0.15, -0.1) is 11.3 Å².